The zero-order valence-corrected chi connectivity index (χ0v) is 35.8. The molecule has 0 aliphatic carbocycles. The summed E-state index contributed by atoms with van der Waals surface area (Å²) in [7, 11) is 0. The molecule has 302 valence electrons. The summed E-state index contributed by atoms with van der Waals surface area (Å²) in [5.74, 6) is 3.80. The summed E-state index contributed by atoms with van der Waals surface area (Å²) in [6.07, 6.45) is 0. The van der Waals surface area contributed by atoms with Gasteiger partial charge in [0.25, 0.3) is 0 Å². The van der Waals surface area contributed by atoms with Gasteiger partial charge in [0.1, 0.15) is 5.82 Å². The van der Waals surface area contributed by atoms with Crippen LogP contribution in [0.4, 0.5) is 0 Å². The van der Waals surface area contributed by atoms with Gasteiger partial charge in [0.15, 0.2) is 29.1 Å². The number of thiophene rings is 1. The molecule has 0 aliphatic heterocycles. The molecule has 0 atom stereocenters. The molecule has 64 heavy (non-hydrogen) atoms. The monoisotopic (exact) mass is 839 g/mol. The highest BCUT2D eigenvalue weighted by Gasteiger charge is 2.19. The van der Waals surface area contributed by atoms with Crippen LogP contribution >= 0.6 is 11.3 Å². The van der Waals surface area contributed by atoms with E-state index in [4.69, 9.17) is 29.9 Å². The molecular formula is C56H37N7S. The van der Waals surface area contributed by atoms with E-state index >= 15 is 0 Å². The van der Waals surface area contributed by atoms with Crippen molar-refractivity contribution in [3.8, 4) is 73.8 Å². The Kier molecular flexibility index (Phi) is 8.98. The number of hydrogen-bond donors (Lipinski definition) is 0. The summed E-state index contributed by atoms with van der Waals surface area (Å²) < 4.78 is 4.75. The Bertz CT molecular complexity index is 3710. The lowest BCUT2D eigenvalue weighted by Gasteiger charge is -2.12. The molecule has 0 aliphatic rings. The van der Waals surface area contributed by atoms with Gasteiger partial charge in [-0.2, -0.15) is 0 Å². The predicted octanol–water partition coefficient (Wildman–Crippen LogP) is 14.1. The average Bonchev–Trinajstić information content (AvgIpc) is 3.90. The third-order valence-electron chi connectivity index (χ3n) is 11.8. The molecule has 12 rings (SSSR count). The maximum Gasteiger partial charge on any atom is 0.164 e. The molecule has 4 heterocycles. The van der Waals surface area contributed by atoms with Crippen LogP contribution in [0.2, 0.25) is 0 Å². The first-order valence-corrected chi connectivity index (χ1v) is 22.1. The Labute approximate surface area is 373 Å². The lowest BCUT2D eigenvalue weighted by molar-refractivity contribution is 0.991. The number of benzene rings is 8. The topological polar surface area (TPSA) is 82.3 Å². The highest BCUT2D eigenvalue weighted by Crippen LogP contribution is 2.43. The predicted molar refractivity (Wildman–Crippen MR) is 263 cm³/mol. The van der Waals surface area contributed by atoms with E-state index in [1.165, 1.54) is 25.6 Å². The van der Waals surface area contributed by atoms with E-state index in [1.54, 1.807) is 11.3 Å². The van der Waals surface area contributed by atoms with Gasteiger partial charge >= 0.3 is 0 Å². The summed E-state index contributed by atoms with van der Waals surface area (Å²) in [4.78, 5) is 30.0. The normalized spacial score (nSPS) is 11.6. The van der Waals surface area contributed by atoms with Crippen molar-refractivity contribution in [2.75, 3.05) is 0 Å². The maximum atomic E-state index is 5.15. The fourth-order valence-corrected chi connectivity index (χ4v) is 10.0. The van der Waals surface area contributed by atoms with Gasteiger partial charge in [-0.3, -0.25) is 0 Å². The lowest BCUT2D eigenvalue weighted by Crippen LogP contribution is -2.01. The summed E-state index contributed by atoms with van der Waals surface area (Å²) in [5.41, 5.74) is 11.3. The number of aryl methyl sites for hydroxylation is 2. The number of aromatic nitrogens is 7. The van der Waals surface area contributed by atoms with Gasteiger partial charge in [-0.05, 0) is 67.9 Å². The van der Waals surface area contributed by atoms with Crippen LogP contribution in [0, 0.1) is 13.8 Å². The SMILES string of the molecule is Cc1cccc(-c2nc(-c3ccccc3)nc(-c3cc(-c4ccc(-c5nc(C)nc(-c6cccc(-n7c8ccccc8c8ccccc87)c6)n5)cc4)c4sc5ccccc5c4c3)n2)c1. The minimum atomic E-state index is 0.621. The van der Waals surface area contributed by atoms with E-state index in [-0.39, 0.29) is 0 Å². The highest BCUT2D eigenvalue weighted by molar-refractivity contribution is 7.26. The number of hydrogen-bond acceptors (Lipinski definition) is 7. The summed E-state index contributed by atoms with van der Waals surface area (Å²) >= 11 is 1.80. The maximum absolute atomic E-state index is 5.15. The summed E-state index contributed by atoms with van der Waals surface area (Å²) in [6, 6.07) is 65.6. The fourth-order valence-electron chi connectivity index (χ4n) is 8.83. The first-order chi connectivity index (χ1) is 31.5. The molecule has 4 aromatic heterocycles. The molecule has 0 bridgehead atoms. The largest absolute Gasteiger partial charge is 0.309 e. The molecule has 0 N–H and O–H groups in total. The standard InChI is InChI=1S/C56H37N7S/c1-34-14-12-17-39(30-34)55-60-53(37-15-4-3-5-16-37)61-56(62-55)41-32-46(51-47(33-41)45-22-8-11-25-50(45)64-51)36-26-28-38(29-27-36)52-57-35(2)58-54(59-52)40-18-13-19-42(31-40)63-48-23-9-6-20-43(48)44-21-7-10-24-49(44)63/h3-33H,1-2H3. The van der Waals surface area contributed by atoms with Crippen molar-refractivity contribution in [2.24, 2.45) is 0 Å². The first kappa shape index (κ1) is 37.6. The molecule has 0 saturated carbocycles. The van der Waals surface area contributed by atoms with E-state index in [0.29, 0.717) is 34.9 Å². The zero-order valence-electron chi connectivity index (χ0n) is 34.9. The molecule has 8 heteroatoms. The van der Waals surface area contributed by atoms with Crippen molar-refractivity contribution in [1.29, 1.82) is 0 Å². The van der Waals surface area contributed by atoms with E-state index in [0.717, 1.165) is 66.6 Å². The Morgan fingerprint density at radius 2 is 0.875 bits per heavy atom. The molecule has 0 unspecified atom stereocenters. The number of fused-ring (bicyclic) bond motifs is 6. The third kappa shape index (κ3) is 6.60. The van der Waals surface area contributed by atoms with Crippen molar-refractivity contribution in [1.82, 2.24) is 34.5 Å². The van der Waals surface area contributed by atoms with E-state index in [2.05, 4.69) is 163 Å². The Hall–Kier alpha value is -8.20. The fraction of sp³-hybridized carbons (Fsp3) is 0.0357. The van der Waals surface area contributed by atoms with Crippen LogP contribution in [0.25, 0.3) is 116 Å². The van der Waals surface area contributed by atoms with Crippen LogP contribution in [0.15, 0.2) is 188 Å². The smallest absolute Gasteiger partial charge is 0.164 e. The minimum Gasteiger partial charge on any atom is -0.309 e. The van der Waals surface area contributed by atoms with Crippen molar-refractivity contribution in [3.05, 3.63) is 199 Å². The molecule has 7 nitrogen and oxygen atoms in total. The van der Waals surface area contributed by atoms with Crippen LogP contribution in [0.3, 0.4) is 0 Å². The molecule has 8 aromatic carbocycles. The number of para-hydroxylation sites is 2. The summed E-state index contributed by atoms with van der Waals surface area (Å²) in [6.45, 7) is 4.02. The van der Waals surface area contributed by atoms with Crippen LogP contribution in [-0.4, -0.2) is 34.5 Å². The third-order valence-corrected chi connectivity index (χ3v) is 13.0. The number of nitrogens with zero attached hydrogens (tertiary/aromatic N) is 7. The minimum absolute atomic E-state index is 0.621. The number of rotatable bonds is 7. The quantitative estimate of drug-likeness (QED) is 0.159. The summed E-state index contributed by atoms with van der Waals surface area (Å²) in [5, 5.41) is 4.81. The Balaban J connectivity index is 0.954. The van der Waals surface area contributed by atoms with Crippen molar-refractivity contribution < 1.29 is 0 Å². The molecule has 0 amide bonds. The van der Waals surface area contributed by atoms with Crippen molar-refractivity contribution >= 4 is 53.3 Å². The second kappa shape index (κ2) is 15.3. The molecule has 0 radical (unpaired) electrons. The van der Waals surface area contributed by atoms with Crippen molar-refractivity contribution in [3.63, 3.8) is 0 Å². The molecule has 12 aromatic rings. The Morgan fingerprint density at radius 1 is 0.359 bits per heavy atom. The zero-order chi connectivity index (χ0) is 42.7. The van der Waals surface area contributed by atoms with E-state index < -0.39 is 0 Å². The van der Waals surface area contributed by atoms with Crippen LogP contribution < -0.4 is 0 Å². The molecule has 0 fully saturated rings. The second-order valence-electron chi connectivity index (χ2n) is 16.1. The average molecular weight is 840 g/mol. The van der Waals surface area contributed by atoms with Gasteiger partial charge in [-0.1, -0.05) is 145 Å². The lowest BCUT2D eigenvalue weighted by atomic mass is 9.98. The van der Waals surface area contributed by atoms with E-state index in [9.17, 15) is 0 Å². The molecular weight excluding hydrogens is 803 g/mol. The van der Waals surface area contributed by atoms with Gasteiger partial charge < -0.3 is 4.57 Å². The van der Waals surface area contributed by atoms with Gasteiger partial charge in [-0.25, -0.2) is 29.9 Å². The van der Waals surface area contributed by atoms with Crippen molar-refractivity contribution in [2.45, 2.75) is 13.8 Å². The van der Waals surface area contributed by atoms with Crippen LogP contribution in [0.1, 0.15) is 11.4 Å². The van der Waals surface area contributed by atoms with Crippen LogP contribution in [-0.2, 0) is 0 Å². The second-order valence-corrected chi connectivity index (χ2v) is 17.1. The van der Waals surface area contributed by atoms with Gasteiger partial charge in [0, 0.05) is 70.0 Å². The Morgan fingerprint density at radius 3 is 1.58 bits per heavy atom. The molecule has 0 saturated heterocycles. The highest BCUT2D eigenvalue weighted by atomic mass is 32.1. The van der Waals surface area contributed by atoms with E-state index in [1.807, 2.05) is 43.3 Å². The van der Waals surface area contributed by atoms with Gasteiger partial charge in [-0.15, -0.1) is 11.3 Å². The first-order valence-electron chi connectivity index (χ1n) is 21.3. The molecule has 0 spiro atoms. The van der Waals surface area contributed by atoms with Gasteiger partial charge in [0.05, 0.1) is 11.0 Å². The van der Waals surface area contributed by atoms with Crippen LogP contribution in [0.5, 0.6) is 0 Å². The van der Waals surface area contributed by atoms with Gasteiger partial charge in [0.2, 0.25) is 0 Å².